The van der Waals surface area contributed by atoms with E-state index in [1.165, 1.54) is 35.1 Å². The SMILES string of the molecule is NS(=O)(=O)c1ccc(NC(=O)c2cnn3ccc(N4CCC[C@@H]4c4cc(F)ccc4F)cc23)cn1. The third-order valence-corrected chi connectivity index (χ3v) is 6.76. The molecule has 0 saturated carbocycles. The molecule has 1 fully saturated rings. The Morgan fingerprint density at radius 2 is 1.94 bits per heavy atom. The number of benzene rings is 1. The van der Waals surface area contributed by atoms with Crippen LogP contribution < -0.4 is 15.4 Å². The van der Waals surface area contributed by atoms with Gasteiger partial charge in [0.05, 0.1) is 35.2 Å². The zero-order valence-corrected chi connectivity index (χ0v) is 19.0. The second kappa shape index (κ2) is 8.71. The lowest BCUT2D eigenvalue weighted by molar-refractivity contribution is 0.102. The molecule has 1 atom stereocenters. The van der Waals surface area contributed by atoms with Gasteiger partial charge in [-0.2, -0.15) is 5.10 Å². The number of carbonyl (C=O) groups is 1. The number of pyridine rings is 2. The van der Waals surface area contributed by atoms with Crippen molar-refractivity contribution in [3.05, 3.63) is 83.8 Å². The summed E-state index contributed by atoms with van der Waals surface area (Å²) >= 11 is 0. The molecule has 4 heterocycles. The molecular formula is C23H20F2N6O3S. The molecule has 4 aromatic rings. The van der Waals surface area contributed by atoms with Crippen LogP contribution in [0.3, 0.4) is 0 Å². The number of hydrogen-bond acceptors (Lipinski definition) is 6. The molecule has 3 N–H and O–H groups in total. The molecule has 1 amide bonds. The van der Waals surface area contributed by atoms with E-state index in [0.29, 0.717) is 24.0 Å². The number of aromatic nitrogens is 3. The van der Waals surface area contributed by atoms with E-state index in [1.807, 2.05) is 11.0 Å². The highest BCUT2D eigenvalue weighted by atomic mass is 32.2. The molecule has 0 unspecified atom stereocenters. The van der Waals surface area contributed by atoms with Crippen molar-refractivity contribution < 1.29 is 22.0 Å². The summed E-state index contributed by atoms with van der Waals surface area (Å²) in [5, 5.41) is 11.6. The topological polar surface area (TPSA) is 123 Å². The fraction of sp³-hybridized carbons (Fsp3) is 0.174. The first-order chi connectivity index (χ1) is 16.7. The molecule has 0 bridgehead atoms. The first-order valence-corrected chi connectivity index (χ1v) is 12.2. The van der Waals surface area contributed by atoms with Crippen LogP contribution in [0.5, 0.6) is 0 Å². The third-order valence-electron chi connectivity index (χ3n) is 5.94. The predicted octanol–water partition coefficient (Wildman–Crippen LogP) is 3.25. The van der Waals surface area contributed by atoms with Gasteiger partial charge in [-0.15, -0.1) is 0 Å². The molecule has 1 aromatic carbocycles. The van der Waals surface area contributed by atoms with Gasteiger partial charge in [0, 0.05) is 24.0 Å². The number of fused-ring (bicyclic) bond motifs is 1. The predicted molar refractivity (Wildman–Crippen MR) is 124 cm³/mol. The van der Waals surface area contributed by atoms with Gasteiger partial charge < -0.3 is 10.2 Å². The maximum absolute atomic E-state index is 14.5. The average molecular weight is 499 g/mol. The Bertz CT molecular complexity index is 1540. The lowest BCUT2D eigenvalue weighted by Crippen LogP contribution is -2.23. The van der Waals surface area contributed by atoms with Crippen molar-refractivity contribution in [2.75, 3.05) is 16.8 Å². The second-order valence-electron chi connectivity index (χ2n) is 8.17. The quantitative estimate of drug-likeness (QED) is 0.436. The maximum atomic E-state index is 14.5. The minimum Gasteiger partial charge on any atom is -0.364 e. The molecular weight excluding hydrogens is 478 g/mol. The van der Waals surface area contributed by atoms with Gasteiger partial charge in [-0.1, -0.05) is 0 Å². The molecule has 1 saturated heterocycles. The van der Waals surface area contributed by atoms with Crippen LogP contribution in [0.2, 0.25) is 0 Å². The summed E-state index contributed by atoms with van der Waals surface area (Å²) in [4.78, 5) is 18.7. The number of amides is 1. The number of nitrogens with two attached hydrogens (primary N) is 1. The molecule has 180 valence electrons. The van der Waals surface area contributed by atoms with Crippen LogP contribution in [0, 0.1) is 11.6 Å². The highest BCUT2D eigenvalue weighted by Gasteiger charge is 2.29. The summed E-state index contributed by atoms with van der Waals surface area (Å²) in [6, 6.07) is 9.28. The standard InChI is InChI=1S/C23H20F2N6O3S/c24-14-3-5-19(25)17(10-14)20-2-1-8-30(20)16-7-9-31-21(11-16)18(13-28-31)23(32)29-15-4-6-22(27-12-15)35(26,33)34/h3-7,9-13,20H,1-2,8H2,(H,29,32)(H2,26,33,34)/t20-/m1/s1. The molecule has 3 aromatic heterocycles. The van der Waals surface area contributed by atoms with Gasteiger partial charge in [0.2, 0.25) is 0 Å². The number of rotatable bonds is 5. The van der Waals surface area contributed by atoms with Gasteiger partial charge in [-0.3, -0.25) is 4.79 Å². The van der Waals surface area contributed by atoms with Gasteiger partial charge >= 0.3 is 0 Å². The lowest BCUT2D eigenvalue weighted by Gasteiger charge is -2.27. The molecule has 35 heavy (non-hydrogen) atoms. The van der Waals surface area contributed by atoms with Crippen molar-refractivity contribution in [2.24, 2.45) is 5.14 Å². The van der Waals surface area contributed by atoms with E-state index >= 15 is 0 Å². The second-order valence-corrected chi connectivity index (χ2v) is 9.68. The number of carbonyl (C=O) groups excluding carboxylic acids is 1. The summed E-state index contributed by atoms with van der Waals surface area (Å²) in [7, 11) is -3.95. The molecule has 0 radical (unpaired) electrons. The Morgan fingerprint density at radius 3 is 2.69 bits per heavy atom. The first kappa shape index (κ1) is 22.9. The fourth-order valence-electron chi connectivity index (χ4n) is 4.31. The normalized spacial score (nSPS) is 16.1. The number of primary sulfonamides is 1. The number of anilines is 2. The monoisotopic (exact) mass is 498 g/mol. The zero-order chi connectivity index (χ0) is 24.7. The van der Waals surface area contributed by atoms with Gasteiger partial charge in [0.15, 0.2) is 5.03 Å². The minimum absolute atomic E-state index is 0.273. The Hall–Kier alpha value is -3.90. The van der Waals surface area contributed by atoms with Crippen molar-refractivity contribution >= 4 is 32.8 Å². The van der Waals surface area contributed by atoms with Gasteiger partial charge in [0.1, 0.15) is 11.6 Å². The van der Waals surface area contributed by atoms with Crippen molar-refractivity contribution in [3.8, 4) is 0 Å². The number of nitrogens with one attached hydrogen (secondary N) is 1. The largest absolute Gasteiger partial charge is 0.364 e. The van der Waals surface area contributed by atoms with E-state index in [0.717, 1.165) is 24.2 Å². The van der Waals surface area contributed by atoms with Crippen LogP contribution in [0.25, 0.3) is 5.52 Å². The Morgan fingerprint density at radius 1 is 1.11 bits per heavy atom. The van der Waals surface area contributed by atoms with Crippen LogP contribution in [0.15, 0.2) is 66.1 Å². The molecule has 5 rings (SSSR count). The number of nitrogens with zero attached hydrogens (tertiary/aromatic N) is 4. The van der Waals surface area contributed by atoms with Crippen LogP contribution in [-0.2, 0) is 10.0 Å². The zero-order valence-electron chi connectivity index (χ0n) is 18.2. The van der Waals surface area contributed by atoms with Gasteiger partial charge in [-0.25, -0.2) is 31.8 Å². The first-order valence-electron chi connectivity index (χ1n) is 10.7. The summed E-state index contributed by atoms with van der Waals surface area (Å²) in [5.41, 5.74) is 2.11. The van der Waals surface area contributed by atoms with Crippen molar-refractivity contribution in [2.45, 2.75) is 23.9 Å². The van der Waals surface area contributed by atoms with Crippen molar-refractivity contribution in [1.82, 2.24) is 14.6 Å². The molecule has 1 aliphatic heterocycles. The van der Waals surface area contributed by atoms with Crippen LogP contribution in [0.1, 0.15) is 34.8 Å². The highest BCUT2D eigenvalue weighted by molar-refractivity contribution is 7.89. The molecule has 9 nitrogen and oxygen atoms in total. The summed E-state index contributed by atoms with van der Waals surface area (Å²) in [5.74, 6) is -1.43. The Balaban J connectivity index is 1.43. The Kier molecular flexibility index (Phi) is 5.69. The van der Waals surface area contributed by atoms with Crippen LogP contribution in [0.4, 0.5) is 20.2 Å². The van der Waals surface area contributed by atoms with E-state index in [4.69, 9.17) is 5.14 Å². The van der Waals surface area contributed by atoms with Crippen molar-refractivity contribution in [1.29, 1.82) is 0 Å². The molecule has 0 aliphatic carbocycles. The summed E-state index contributed by atoms with van der Waals surface area (Å²) < 4.78 is 52.6. The minimum atomic E-state index is -3.95. The third kappa shape index (κ3) is 4.45. The Labute approximate surface area is 199 Å². The van der Waals surface area contributed by atoms with E-state index in [-0.39, 0.29) is 22.3 Å². The van der Waals surface area contributed by atoms with Gasteiger partial charge in [-0.05, 0) is 55.3 Å². The smallest absolute Gasteiger partial charge is 0.259 e. The van der Waals surface area contributed by atoms with Crippen LogP contribution in [-0.4, -0.2) is 35.5 Å². The average Bonchev–Trinajstić information content (AvgIpc) is 3.47. The van der Waals surface area contributed by atoms with Crippen molar-refractivity contribution in [3.63, 3.8) is 0 Å². The number of hydrogen-bond donors (Lipinski definition) is 2. The van der Waals surface area contributed by atoms with E-state index in [9.17, 15) is 22.0 Å². The van der Waals surface area contributed by atoms with Gasteiger partial charge in [0.25, 0.3) is 15.9 Å². The molecule has 12 heteroatoms. The summed E-state index contributed by atoms with van der Waals surface area (Å²) in [6.45, 7) is 0.647. The lowest BCUT2D eigenvalue weighted by atomic mass is 10.0. The highest BCUT2D eigenvalue weighted by Crippen LogP contribution is 2.38. The number of halogens is 2. The maximum Gasteiger partial charge on any atom is 0.259 e. The van der Waals surface area contributed by atoms with E-state index < -0.39 is 27.6 Å². The summed E-state index contributed by atoms with van der Waals surface area (Å²) in [6.07, 6.45) is 5.77. The van der Waals surface area contributed by atoms with Crippen LogP contribution >= 0.6 is 0 Å². The van der Waals surface area contributed by atoms with E-state index in [1.54, 1.807) is 12.3 Å². The number of sulfonamides is 1. The molecule has 0 spiro atoms. The fourth-order valence-corrected chi connectivity index (χ4v) is 4.77. The van der Waals surface area contributed by atoms with E-state index in [2.05, 4.69) is 15.4 Å². The molecule has 1 aliphatic rings.